The molecule has 1 aliphatic rings. The Morgan fingerprint density at radius 2 is 2.37 bits per heavy atom. The Labute approximate surface area is 122 Å². The Kier molecular flexibility index (Phi) is 5.36. The summed E-state index contributed by atoms with van der Waals surface area (Å²) in [5, 5.41) is 0. The SMILES string of the molecule is NCC1COCCN1C(=O)CCc1cccc(Br)c1. The van der Waals surface area contributed by atoms with Gasteiger partial charge in [-0.25, -0.2) is 0 Å². The summed E-state index contributed by atoms with van der Waals surface area (Å²) < 4.78 is 6.40. The van der Waals surface area contributed by atoms with Crippen LogP contribution in [-0.4, -0.2) is 43.2 Å². The van der Waals surface area contributed by atoms with Gasteiger partial charge in [0, 0.05) is 24.0 Å². The van der Waals surface area contributed by atoms with E-state index in [0.29, 0.717) is 32.7 Å². The van der Waals surface area contributed by atoms with Crippen LogP contribution < -0.4 is 5.73 Å². The molecule has 4 nitrogen and oxygen atoms in total. The number of hydrogen-bond donors (Lipinski definition) is 1. The van der Waals surface area contributed by atoms with E-state index in [2.05, 4.69) is 15.9 Å². The van der Waals surface area contributed by atoms with Gasteiger partial charge in [-0.1, -0.05) is 28.1 Å². The molecule has 1 amide bonds. The highest BCUT2D eigenvalue weighted by molar-refractivity contribution is 9.10. The number of carbonyl (C=O) groups excluding carboxylic acids is 1. The van der Waals surface area contributed by atoms with E-state index >= 15 is 0 Å². The fourth-order valence-corrected chi connectivity index (χ4v) is 2.71. The van der Waals surface area contributed by atoms with Gasteiger partial charge < -0.3 is 15.4 Å². The zero-order chi connectivity index (χ0) is 13.7. The molecule has 1 aromatic rings. The van der Waals surface area contributed by atoms with Crippen LogP contribution in [0, 0.1) is 0 Å². The van der Waals surface area contributed by atoms with Crippen LogP contribution in [-0.2, 0) is 16.0 Å². The van der Waals surface area contributed by atoms with Crippen LogP contribution in [0.15, 0.2) is 28.7 Å². The lowest BCUT2D eigenvalue weighted by Gasteiger charge is -2.35. The maximum absolute atomic E-state index is 12.2. The van der Waals surface area contributed by atoms with Crippen LogP contribution in [0.5, 0.6) is 0 Å². The number of carbonyl (C=O) groups is 1. The molecule has 1 heterocycles. The second-order valence-electron chi connectivity index (χ2n) is 4.68. The minimum absolute atomic E-state index is 0.0313. The number of amides is 1. The van der Waals surface area contributed by atoms with Gasteiger partial charge in [-0.05, 0) is 24.1 Å². The van der Waals surface area contributed by atoms with E-state index in [1.54, 1.807) is 0 Å². The van der Waals surface area contributed by atoms with Crippen molar-refractivity contribution in [2.24, 2.45) is 5.73 Å². The van der Waals surface area contributed by atoms with E-state index in [0.717, 1.165) is 10.9 Å². The molecular weight excluding hydrogens is 308 g/mol. The first-order valence-electron chi connectivity index (χ1n) is 6.52. The Balaban J connectivity index is 1.89. The number of rotatable bonds is 4. The smallest absolute Gasteiger partial charge is 0.223 e. The van der Waals surface area contributed by atoms with Crippen molar-refractivity contribution in [1.82, 2.24) is 4.90 Å². The van der Waals surface area contributed by atoms with Gasteiger partial charge in [0.1, 0.15) is 0 Å². The van der Waals surface area contributed by atoms with Crippen LogP contribution in [0.2, 0.25) is 0 Å². The second-order valence-corrected chi connectivity index (χ2v) is 5.60. The minimum atomic E-state index is 0.0313. The molecule has 1 fully saturated rings. The van der Waals surface area contributed by atoms with Gasteiger partial charge in [-0.15, -0.1) is 0 Å². The standard InChI is InChI=1S/C14H19BrN2O2/c15-12-3-1-2-11(8-12)4-5-14(18)17-6-7-19-10-13(17)9-16/h1-3,8,13H,4-7,9-10,16H2. The molecule has 0 saturated carbocycles. The molecule has 1 atom stereocenters. The Hall–Kier alpha value is -0.910. The molecule has 0 aromatic heterocycles. The third-order valence-electron chi connectivity index (χ3n) is 3.34. The molecule has 1 aliphatic heterocycles. The van der Waals surface area contributed by atoms with Gasteiger partial charge in [0.2, 0.25) is 5.91 Å². The number of nitrogens with zero attached hydrogens (tertiary/aromatic N) is 1. The second kappa shape index (κ2) is 7.03. The van der Waals surface area contributed by atoms with Gasteiger partial charge >= 0.3 is 0 Å². The molecule has 19 heavy (non-hydrogen) atoms. The van der Waals surface area contributed by atoms with Crippen LogP contribution >= 0.6 is 15.9 Å². The zero-order valence-corrected chi connectivity index (χ0v) is 12.4. The van der Waals surface area contributed by atoms with Crippen LogP contribution in [0.4, 0.5) is 0 Å². The lowest BCUT2D eigenvalue weighted by atomic mass is 10.1. The molecule has 1 unspecified atom stereocenters. The van der Waals surface area contributed by atoms with Crippen molar-refractivity contribution in [2.45, 2.75) is 18.9 Å². The molecule has 0 radical (unpaired) electrons. The Morgan fingerprint density at radius 3 is 3.11 bits per heavy atom. The minimum Gasteiger partial charge on any atom is -0.377 e. The van der Waals surface area contributed by atoms with Crippen LogP contribution in [0.3, 0.4) is 0 Å². The van der Waals surface area contributed by atoms with Crippen molar-refractivity contribution in [2.75, 3.05) is 26.3 Å². The van der Waals surface area contributed by atoms with Crippen LogP contribution in [0.1, 0.15) is 12.0 Å². The maximum atomic E-state index is 12.2. The number of morpholine rings is 1. The molecule has 2 N–H and O–H groups in total. The summed E-state index contributed by atoms with van der Waals surface area (Å²) in [5.74, 6) is 0.165. The summed E-state index contributed by atoms with van der Waals surface area (Å²) in [4.78, 5) is 14.1. The summed E-state index contributed by atoms with van der Waals surface area (Å²) >= 11 is 3.44. The van der Waals surface area contributed by atoms with Gasteiger partial charge in [0.25, 0.3) is 0 Å². The topological polar surface area (TPSA) is 55.6 Å². The molecule has 0 spiro atoms. The predicted molar refractivity (Wildman–Crippen MR) is 77.8 cm³/mol. The normalized spacial score (nSPS) is 19.5. The van der Waals surface area contributed by atoms with Crippen molar-refractivity contribution in [3.8, 4) is 0 Å². The van der Waals surface area contributed by atoms with Crippen molar-refractivity contribution in [1.29, 1.82) is 0 Å². The lowest BCUT2D eigenvalue weighted by molar-refractivity contribution is -0.139. The van der Waals surface area contributed by atoms with E-state index in [4.69, 9.17) is 10.5 Å². The maximum Gasteiger partial charge on any atom is 0.223 e. The van der Waals surface area contributed by atoms with E-state index in [9.17, 15) is 4.79 Å². The number of hydrogen-bond acceptors (Lipinski definition) is 3. The quantitative estimate of drug-likeness (QED) is 0.913. The van der Waals surface area contributed by atoms with Crippen molar-refractivity contribution in [3.63, 3.8) is 0 Å². The Bertz CT molecular complexity index is 439. The third-order valence-corrected chi connectivity index (χ3v) is 3.83. The lowest BCUT2D eigenvalue weighted by Crippen LogP contribution is -2.52. The summed E-state index contributed by atoms with van der Waals surface area (Å²) in [6.07, 6.45) is 1.28. The van der Waals surface area contributed by atoms with Crippen molar-refractivity contribution in [3.05, 3.63) is 34.3 Å². The first-order valence-corrected chi connectivity index (χ1v) is 7.31. The van der Waals surface area contributed by atoms with Gasteiger partial charge in [-0.3, -0.25) is 4.79 Å². The van der Waals surface area contributed by atoms with E-state index in [1.807, 2.05) is 29.2 Å². The van der Waals surface area contributed by atoms with E-state index < -0.39 is 0 Å². The average molecular weight is 327 g/mol. The number of halogens is 1. The van der Waals surface area contributed by atoms with Crippen LogP contribution in [0.25, 0.3) is 0 Å². The molecular formula is C14H19BrN2O2. The zero-order valence-electron chi connectivity index (χ0n) is 10.8. The number of aryl methyl sites for hydroxylation is 1. The van der Waals surface area contributed by atoms with Gasteiger partial charge in [0.05, 0.1) is 19.3 Å². The van der Waals surface area contributed by atoms with Gasteiger partial charge in [0.15, 0.2) is 0 Å². The molecule has 0 aliphatic carbocycles. The van der Waals surface area contributed by atoms with E-state index in [-0.39, 0.29) is 11.9 Å². The first-order chi connectivity index (χ1) is 9.20. The number of nitrogens with two attached hydrogens (primary N) is 1. The Morgan fingerprint density at radius 1 is 1.53 bits per heavy atom. The monoisotopic (exact) mass is 326 g/mol. The highest BCUT2D eigenvalue weighted by atomic mass is 79.9. The molecule has 1 saturated heterocycles. The summed E-state index contributed by atoms with van der Waals surface area (Å²) in [6, 6.07) is 8.09. The van der Waals surface area contributed by atoms with Gasteiger partial charge in [-0.2, -0.15) is 0 Å². The van der Waals surface area contributed by atoms with Crippen molar-refractivity contribution >= 4 is 21.8 Å². The van der Waals surface area contributed by atoms with E-state index in [1.165, 1.54) is 5.56 Å². The molecule has 104 valence electrons. The average Bonchev–Trinajstić information content (AvgIpc) is 2.45. The first kappa shape index (κ1) is 14.5. The number of ether oxygens (including phenoxy) is 1. The molecule has 5 heteroatoms. The molecule has 2 rings (SSSR count). The third kappa shape index (κ3) is 4.03. The fraction of sp³-hybridized carbons (Fsp3) is 0.500. The summed E-state index contributed by atoms with van der Waals surface area (Å²) in [6.45, 7) is 2.28. The molecule has 1 aromatic carbocycles. The summed E-state index contributed by atoms with van der Waals surface area (Å²) in [5.41, 5.74) is 6.85. The number of benzene rings is 1. The van der Waals surface area contributed by atoms with Crippen molar-refractivity contribution < 1.29 is 9.53 Å². The fourth-order valence-electron chi connectivity index (χ4n) is 2.27. The molecule has 0 bridgehead atoms. The highest BCUT2D eigenvalue weighted by Gasteiger charge is 2.25. The highest BCUT2D eigenvalue weighted by Crippen LogP contribution is 2.14. The summed E-state index contributed by atoms with van der Waals surface area (Å²) in [7, 11) is 0. The largest absolute Gasteiger partial charge is 0.377 e. The predicted octanol–water partition coefficient (Wildman–Crippen LogP) is 1.57.